The largest absolute Gasteiger partial charge is 0.416 e. The molecule has 214 valence electrons. The summed E-state index contributed by atoms with van der Waals surface area (Å²) in [7, 11) is -0.870. The lowest BCUT2D eigenvalue weighted by Crippen LogP contribution is -2.40. The Hall–Kier alpha value is -2.37. The number of carbonyl (C=O) groups is 1. The predicted molar refractivity (Wildman–Crippen MR) is 142 cm³/mol. The van der Waals surface area contributed by atoms with Crippen LogP contribution in [0.15, 0.2) is 41.3 Å². The van der Waals surface area contributed by atoms with Crippen molar-refractivity contribution < 1.29 is 30.8 Å². The number of benzene rings is 2. The summed E-state index contributed by atoms with van der Waals surface area (Å²) in [6.45, 7) is 2.08. The van der Waals surface area contributed by atoms with Crippen molar-refractivity contribution in [3.8, 4) is 0 Å². The van der Waals surface area contributed by atoms with Gasteiger partial charge in [-0.25, -0.2) is 12.8 Å². The number of amides is 1. The molecule has 39 heavy (non-hydrogen) atoms. The van der Waals surface area contributed by atoms with Gasteiger partial charge in [-0.3, -0.25) is 4.79 Å². The van der Waals surface area contributed by atoms with Crippen LogP contribution in [0, 0.1) is 17.7 Å². The smallest absolute Gasteiger partial charge is 0.371 e. The van der Waals surface area contributed by atoms with Crippen molar-refractivity contribution in [2.45, 2.75) is 43.2 Å². The molecule has 0 aliphatic carbocycles. The summed E-state index contributed by atoms with van der Waals surface area (Å²) in [5.74, 6) is -0.579. The molecule has 0 N–H and O–H groups in total. The molecule has 2 aliphatic rings. The van der Waals surface area contributed by atoms with E-state index in [0.29, 0.717) is 53.5 Å². The van der Waals surface area contributed by atoms with E-state index in [1.807, 2.05) is 12.1 Å². The summed E-state index contributed by atoms with van der Waals surface area (Å²) in [6, 6.07) is 6.93. The lowest BCUT2D eigenvalue weighted by Gasteiger charge is -2.37. The Balaban J connectivity index is 1.29. The Morgan fingerprint density at radius 3 is 2.10 bits per heavy atom. The second-order valence-electron chi connectivity index (χ2n) is 10.6. The highest BCUT2D eigenvalue weighted by Gasteiger charge is 2.36. The molecule has 0 saturated carbocycles. The normalized spacial score (nSPS) is 18.4. The van der Waals surface area contributed by atoms with Gasteiger partial charge in [0.1, 0.15) is 5.82 Å². The first-order chi connectivity index (χ1) is 18.3. The summed E-state index contributed by atoms with van der Waals surface area (Å²) in [6.07, 6.45) is -0.724. The number of hydrogen-bond acceptors (Lipinski definition) is 4. The van der Waals surface area contributed by atoms with E-state index in [4.69, 9.17) is 11.6 Å². The Morgan fingerprint density at radius 2 is 1.56 bits per heavy atom. The molecule has 4 rings (SSSR count). The first kappa shape index (κ1) is 29.6. The maximum absolute atomic E-state index is 13.8. The molecular formula is C27H32ClF4N3O3S. The molecule has 12 heteroatoms. The molecular weight excluding hydrogens is 558 g/mol. The van der Waals surface area contributed by atoms with Crippen LogP contribution >= 0.6 is 11.6 Å². The van der Waals surface area contributed by atoms with Crippen LogP contribution in [0.4, 0.5) is 23.2 Å². The number of sulfonamides is 1. The maximum Gasteiger partial charge on any atom is 0.416 e. The number of nitrogens with zero attached hydrogens (tertiary/aromatic N) is 3. The van der Waals surface area contributed by atoms with E-state index in [1.54, 1.807) is 20.2 Å². The van der Waals surface area contributed by atoms with Crippen molar-refractivity contribution in [1.29, 1.82) is 0 Å². The number of halogens is 5. The third-order valence-corrected chi connectivity index (χ3v) is 9.83. The summed E-state index contributed by atoms with van der Waals surface area (Å²) in [5.41, 5.74) is 0.118. The standard InChI is InChI=1S/C27H32ClF4N3O3S/c1-33(2)26(36)24-4-3-22(17-25(24)28)34-9-5-18(6-10-34)13-19-7-11-35(12-8-19)39(37,38)23-15-20(27(30,31)32)14-21(29)16-23/h3-4,14-19H,5-13H2,1-2H3. The quantitative estimate of drug-likeness (QED) is 0.393. The minimum atomic E-state index is -4.84. The zero-order valence-corrected chi connectivity index (χ0v) is 23.4. The van der Waals surface area contributed by atoms with Crippen molar-refractivity contribution in [3.05, 3.63) is 58.4 Å². The van der Waals surface area contributed by atoms with Crippen molar-refractivity contribution >= 4 is 33.2 Å². The zero-order valence-electron chi connectivity index (χ0n) is 21.8. The van der Waals surface area contributed by atoms with E-state index in [1.165, 1.54) is 4.90 Å². The molecule has 2 heterocycles. The zero-order chi connectivity index (χ0) is 28.5. The van der Waals surface area contributed by atoms with Gasteiger partial charge in [0.25, 0.3) is 5.91 Å². The van der Waals surface area contributed by atoms with E-state index in [9.17, 15) is 30.8 Å². The molecule has 0 bridgehead atoms. The molecule has 2 aliphatic heterocycles. The van der Waals surface area contributed by atoms with Gasteiger partial charge in [0.05, 0.1) is 21.0 Å². The molecule has 0 radical (unpaired) electrons. The van der Waals surface area contributed by atoms with E-state index < -0.39 is 32.5 Å². The Bertz CT molecular complexity index is 1300. The van der Waals surface area contributed by atoms with Crippen LogP contribution in [-0.2, 0) is 16.2 Å². The molecule has 6 nitrogen and oxygen atoms in total. The third-order valence-electron chi connectivity index (χ3n) is 7.65. The van der Waals surface area contributed by atoms with Gasteiger partial charge in [-0.05, 0) is 80.3 Å². The first-order valence-electron chi connectivity index (χ1n) is 12.9. The molecule has 2 aromatic rings. The number of anilines is 1. The average molecular weight is 590 g/mol. The fourth-order valence-electron chi connectivity index (χ4n) is 5.42. The van der Waals surface area contributed by atoms with Gasteiger partial charge in [0.15, 0.2) is 0 Å². The van der Waals surface area contributed by atoms with Crippen LogP contribution in [0.2, 0.25) is 5.02 Å². The number of carbonyl (C=O) groups excluding carboxylic acids is 1. The van der Waals surface area contributed by atoms with Crippen molar-refractivity contribution in [2.24, 2.45) is 11.8 Å². The van der Waals surface area contributed by atoms with Crippen molar-refractivity contribution in [2.75, 3.05) is 45.2 Å². The van der Waals surface area contributed by atoms with Crippen LogP contribution in [0.1, 0.15) is 48.0 Å². The summed E-state index contributed by atoms with van der Waals surface area (Å²) >= 11 is 6.37. The number of alkyl halides is 3. The fraction of sp³-hybridized carbons (Fsp3) is 0.519. The Kier molecular flexibility index (Phi) is 8.82. The number of hydrogen-bond donors (Lipinski definition) is 0. The molecule has 2 fully saturated rings. The lowest BCUT2D eigenvalue weighted by molar-refractivity contribution is -0.137. The Labute approximate surface area is 231 Å². The number of rotatable bonds is 6. The highest BCUT2D eigenvalue weighted by Crippen LogP contribution is 2.35. The summed E-state index contributed by atoms with van der Waals surface area (Å²) < 4.78 is 80.1. The predicted octanol–water partition coefficient (Wildman–Crippen LogP) is 5.91. The van der Waals surface area contributed by atoms with Gasteiger partial charge in [0, 0.05) is 46.0 Å². The van der Waals surface area contributed by atoms with Crippen LogP contribution in [0.3, 0.4) is 0 Å². The second kappa shape index (κ2) is 11.6. The third kappa shape index (κ3) is 6.86. The summed E-state index contributed by atoms with van der Waals surface area (Å²) in [4.78, 5) is 15.3. The van der Waals surface area contributed by atoms with Crippen molar-refractivity contribution in [1.82, 2.24) is 9.21 Å². The Morgan fingerprint density at radius 1 is 0.974 bits per heavy atom. The van der Waals surface area contributed by atoms with Crippen molar-refractivity contribution in [3.63, 3.8) is 0 Å². The van der Waals surface area contributed by atoms with E-state index in [2.05, 4.69) is 4.90 Å². The average Bonchev–Trinajstić information content (AvgIpc) is 2.88. The first-order valence-corrected chi connectivity index (χ1v) is 14.7. The molecule has 0 atom stereocenters. The van der Waals surface area contributed by atoms with Gasteiger partial charge in [-0.1, -0.05) is 11.6 Å². The number of piperidine rings is 2. The summed E-state index contributed by atoms with van der Waals surface area (Å²) in [5, 5.41) is 0.419. The molecule has 0 unspecified atom stereocenters. The van der Waals surface area contributed by atoms with Crippen LogP contribution in [-0.4, -0.2) is 63.8 Å². The topological polar surface area (TPSA) is 60.9 Å². The highest BCUT2D eigenvalue weighted by molar-refractivity contribution is 7.89. The van der Waals surface area contributed by atoms with Gasteiger partial charge >= 0.3 is 6.18 Å². The minimum absolute atomic E-state index is 0.147. The lowest BCUT2D eigenvalue weighted by atomic mass is 9.83. The molecule has 0 aromatic heterocycles. The molecule has 2 aromatic carbocycles. The molecule has 2 saturated heterocycles. The van der Waals surface area contributed by atoms with Gasteiger partial charge in [-0.15, -0.1) is 0 Å². The minimum Gasteiger partial charge on any atom is -0.371 e. The second-order valence-corrected chi connectivity index (χ2v) is 12.9. The SMILES string of the molecule is CN(C)C(=O)c1ccc(N2CCC(CC3CCN(S(=O)(=O)c4cc(F)cc(C(F)(F)F)c4)CC3)CC2)cc1Cl. The van der Waals surface area contributed by atoms with Gasteiger partial charge in [-0.2, -0.15) is 17.5 Å². The van der Waals surface area contributed by atoms with Crippen LogP contribution in [0.25, 0.3) is 0 Å². The maximum atomic E-state index is 13.8. The van der Waals surface area contributed by atoms with Gasteiger partial charge in [0.2, 0.25) is 10.0 Å². The van der Waals surface area contributed by atoms with Crippen LogP contribution < -0.4 is 4.90 Å². The molecule has 1 amide bonds. The van der Waals surface area contributed by atoms with E-state index in [0.717, 1.165) is 42.3 Å². The van der Waals surface area contributed by atoms with E-state index >= 15 is 0 Å². The van der Waals surface area contributed by atoms with Crippen LogP contribution in [0.5, 0.6) is 0 Å². The van der Waals surface area contributed by atoms with E-state index in [-0.39, 0.29) is 19.0 Å². The fourth-order valence-corrected chi connectivity index (χ4v) is 7.21. The van der Waals surface area contributed by atoms with Gasteiger partial charge < -0.3 is 9.80 Å². The molecule has 0 spiro atoms. The monoisotopic (exact) mass is 589 g/mol. The highest BCUT2D eigenvalue weighted by atomic mass is 35.5.